The van der Waals surface area contributed by atoms with Crippen molar-refractivity contribution < 1.29 is 19.1 Å². The molecule has 116 valence electrons. The van der Waals surface area contributed by atoms with Gasteiger partial charge in [0.15, 0.2) is 0 Å². The number of carbonyl (C=O) groups is 2. The molecular weight excluding hydrogens is 290 g/mol. The molecule has 6 heteroatoms. The first kappa shape index (κ1) is 16.0. The highest BCUT2D eigenvalue weighted by Gasteiger charge is 2.29. The third-order valence-corrected chi connectivity index (χ3v) is 4.58. The summed E-state index contributed by atoms with van der Waals surface area (Å²) in [4.78, 5) is 25.2. The Morgan fingerprint density at radius 1 is 1.43 bits per heavy atom. The minimum atomic E-state index is -0.428. The Bertz CT molecular complexity index is 526. The molecule has 1 aromatic heterocycles. The number of esters is 1. The van der Waals surface area contributed by atoms with E-state index < -0.39 is 12.1 Å². The number of amides is 1. The maximum absolute atomic E-state index is 12.2. The minimum Gasteiger partial charge on any atom is -0.462 e. The first-order chi connectivity index (χ1) is 10.0. The standard InChI is InChI=1S/C15H21NO4S/c1-4-10-8-11(15(18)19-5-2)14(21-10)16-13(17)12-7-6-9(3)20-12/h8-9,12H,4-7H2,1-3H3,(H,16,17). The summed E-state index contributed by atoms with van der Waals surface area (Å²) < 4.78 is 10.6. The smallest absolute Gasteiger partial charge is 0.341 e. The SMILES string of the molecule is CCOC(=O)c1cc(CC)sc1NC(=O)C1CCC(C)O1. The van der Waals surface area contributed by atoms with Gasteiger partial charge in [-0.25, -0.2) is 4.79 Å². The monoisotopic (exact) mass is 311 g/mol. The Kier molecular flexibility index (Phi) is 5.36. The Balaban J connectivity index is 2.12. The van der Waals surface area contributed by atoms with Crippen molar-refractivity contribution in [3.8, 4) is 0 Å². The van der Waals surface area contributed by atoms with Gasteiger partial charge >= 0.3 is 5.97 Å². The molecule has 1 aliphatic heterocycles. The third-order valence-electron chi connectivity index (χ3n) is 3.39. The molecule has 2 unspecified atom stereocenters. The second-order valence-corrected chi connectivity index (χ2v) is 6.17. The fraction of sp³-hybridized carbons (Fsp3) is 0.600. The number of anilines is 1. The molecule has 0 saturated carbocycles. The van der Waals surface area contributed by atoms with Crippen LogP contribution in [0.25, 0.3) is 0 Å². The van der Waals surface area contributed by atoms with Gasteiger partial charge in [0.1, 0.15) is 11.1 Å². The lowest BCUT2D eigenvalue weighted by Gasteiger charge is -2.11. The zero-order valence-corrected chi connectivity index (χ0v) is 13.4. The van der Waals surface area contributed by atoms with Crippen LogP contribution >= 0.6 is 11.3 Å². The molecular formula is C15H21NO4S. The van der Waals surface area contributed by atoms with Crippen molar-refractivity contribution in [2.24, 2.45) is 0 Å². The van der Waals surface area contributed by atoms with Gasteiger partial charge in [-0.2, -0.15) is 0 Å². The third kappa shape index (κ3) is 3.83. The van der Waals surface area contributed by atoms with Crippen molar-refractivity contribution in [2.75, 3.05) is 11.9 Å². The van der Waals surface area contributed by atoms with E-state index in [0.29, 0.717) is 23.6 Å². The highest BCUT2D eigenvalue weighted by Crippen LogP contribution is 2.30. The molecule has 5 nitrogen and oxygen atoms in total. The summed E-state index contributed by atoms with van der Waals surface area (Å²) in [5, 5.41) is 3.37. The van der Waals surface area contributed by atoms with Crippen LogP contribution in [0.4, 0.5) is 5.00 Å². The van der Waals surface area contributed by atoms with Crippen LogP contribution in [0.15, 0.2) is 6.07 Å². The summed E-state index contributed by atoms with van der Waals surface area (Å²) in [5.74, 6) is -0.584. The molecule has 2 heterocycles. The van der Waals surface area contributed by atoms with Crippen LogP contribution in [0.5, 0.6) is 0 Å². The average molecular weight is 311 g/mol. The number of aryl methyl sites for hydroxylation is 1. The molecule has 0 spiro atoms. The van der Waals surface area contributed by atoms with E-state index >= 15 is 0 Å². The van der Waals surface area contributed by atoms with Crippen molar-refractivity contribution >= 4 is 28.2 Å². The maximum atomic E-state index is 12.2. The Hall–Kier alpha value is -1.40. The highest BCUT2D eigenvalue weighted by molar-refractivity contribution is 7.16. The average Bonchev–Trinajstić information content (AvgIpc) is 3.05. The first-order valence-electron chi connectivity index (χ1n) is 7.31. The van der Waals surface area contributed by atoms with Crippen molar-refractivity contribution in [1.82, 2.24) is 0 Å². The fourth-order valence-corrected chi connectivity index (χ4v) is 3.24. The van der Waals surface area contributed by atoms with Crippen LogP contribution in [-0.2, 0) is 20.7 Å². The normalized spacial score (nSPS) is 21.3. The maximum Gasteiger partial charge on any atom is 0.341 e. The zero-order chi connectivity index (χ0) is 15.4. The number of carbonyl (C=O) groups excluding carboxylic acids is 2. The van der Waals surface area contributed by atoms with Crippen LogP contribution in [-0.4, -0.2) is 30.7 Å². The van der Waals surface area contributed by atoms with Crippen molar-refractivity contribution in [3.05, 3.63) is 16.5 Å². The summed E-state index contributed by atoms with van der Waals surface area (Å²) >= 11 is 1.41. The molecule has 1 amide bonds. The van der Waals surface area contributed by atoms with Crippen LogP contribution < -0.4 is 5.32 Å². The quantitative estimate of drug-likeness (QED) is 0.849. The van der Waals surface area contributed by atoms with Crippen LogP contribution in [0, 0.1) is 0 Å². The van der Waals surface area contributed by atoms with Crippen molar-refractivity contribution in [1.29, 1.82) is 0 Å². The van der Waals surface area contributed by atoms with Gasteiger partial charge in [0.25, 0.3) is 5.91 Å². The van der Waals surface area contributed by atoms with E-state index in [0.717, 1.165) is 17.7 Å². The Morgan fingerprint density at radius 3 is 2.76 bits per heavy atom. The Morgan fingerprint density at radius 2 is 2.19 bits per heavy atom. The van der Waals surface area contributed by atoms with Crippen LogP contribution in [0.1, 0.15) is 48.8 Å². The van der Waals surface area contributed by atoms with E-state index in [9.17, 15) is 9.59 Å². The van der Waals surface area contributed by atoms with E-state index in [1.807, 2.05) is 13.8 Å². The van der Waals surface area contributed by atoms with Gasteiger partial charge in [0.05, 0.1) is 18.3 Å². The molecule has 0 aromatic carbocycles. The number of hydrogen-bond acceptors (Lipinski definition) is 5. The summed E-state index contributed by atoms with van der Waals surface area (Å²) in [5.41, 5.74) is 0.429. The van der Waals surface area contributed by atoms with Crippen LogP contribution in [0.3, 0.4) is 0 Å². The number of rotatable bonds is 5. The first-order valence-corrected chi connectivity index (χ1v) is 8.12. The number of ether oxygens (including phenoxy) is 2. The lowest BCUT2D eigenvalue weighted by atomic mass is 10.2. The topological polar surface area (TPSA) is 64.6 Å². The molecule has 1 N–H and O–H groups in total. The Labute approximate surface area is 128 Å². The molecule has 1 fully saturated rings. The van der Waals surface area contributed by atoms with Gasteiger partial charge < -0.3 is 14.8 Å². The summed E-state index contributed by atoms with van der Waals surface area (Å²) in [6.07, 6.45) is 2.09. The summed E-state index contributed by atoms with van der Waals surface area (Å²) in [7, 11) is 0. The molecule has 21 heavy (non-hydrogen) atoms. The summed E-state index contributed by atoms with van der Waals surface area (Å²) in [6, 6.07) is 1.79. The van der Waals surface area contributed by atoms with Gasteiger partial charge in [-0.05, 0) is 39.2 Å². The number of thiophene rings is 1. The lowest BCUT2D eigenvalue weighted by molar-refractivity contribution is -0.126. The zero-order valence-electron chi connectivity index (χ0n) is 12.6. The van der Waals surface area contributed by atoms with Gasteiger partial charge in [-0.3, -0.25) is 4.79 Å². The van der Waals surface area contributed by atoms with E-state index in [1.54, 1.807) is 13.0 Å². The molecule has 1 aliphatic rings. The predicted molar refractivity (Wildman–Crippen MR) is 81.9 cm³/mol. The molecule has 0 bridgehead atoms. The number of nitrogens with one attached hydrogen (secondary N) is 1. The second kappa shape index (κ2) is 7.04. The van der Waals surface area contributed by atoms with Gasteiger partial charge in [0.2, 0.25) is 0 Å². The van der Waals surface area contributed by atoms with Gasteiger partial charge in [-0.15, -0.1) is 11.3 Å². The molecule has 1 saturated heterocycles. The molecule has 2 rings (SSSR count). The lowest BCUT2D eigenvalue weighted by Crippen LogP contribution is -2.28. The van der Waals surface area contributed by atoms with E-state index in [-0.39, 0.29) is 12.0 Å². The molecule has 2 atom stereocenters. The predicted octanol–water partition coefficient (Wildman–Crippen LogP) is 2.99. The minimum absolute atomic E-state index is 0.111. The van der Waals surface area contributed by atoms with Crippen molar-refractivity contribution in [3.63, 3.8) is 0 Å². The summed E-state index contributed by atoms with van der Waals surface area (Å²) in [6.45, 7) is 6.04. The second-order valence-electron chi connectivity index (χ2n) is 5.03. The highest BCUT2D eigenvalue weighted by atomic mass is 32.1. The molecule has 0 aliphatic carbocycles. The van der Waals surface area contributed by atoms with E-state index in [2.05, 4.69) is 5.32 Å². The van der Waals surface area contributed by atoms with Gasteiger partial charge in [0, 0.05) is 4.88 Å². The van der Waals surface area contributed by atoms with Crippen molar-refractivity contribution in [2.45, 2.75) is 52.2 Å². The van der Waals surface area contributed by atoms with Crippen LogP contribution in [0.2, 0.25) is 0 Å². The van der Waals surface area contributed by atoms with Gasteiger partial charge in [-0.1, -0.05) is 6.92 Å². The molecule has 1 aromatic rings. The largest absolute Gasteiger partial charge is 0.462 e. The van der Waals surface area contributed by atoms with E-state index in [1.165, 1.54) is 11.3 Å². The van der Waals surface area contributed by atoms with E-state index in [4.69, 9.17) is 9.47 Å². The number of hydrogen-bond donors (Lipinski definition) is 1. The fourth-order valence-electron chi connectivity index (χ4n) is 2.26. The molecule has 0 radical (unpaired) electrons.